The predicted molar refractivity (Wildman–Crippen MR) is 55.2 cm³/mol. The number of aryl methyl sites for hydroxylation is 2. The number of nitrogens with zero attached hydrogens (tertiary/aromatic N) is 1. The highest BCUT2D eigenvalue weighted by Gasteiger charge is 2.06. The number of nitrogens with one attached hydrogen (secondary N) is 1. The third-order valence-electron chi connectivity index (χ3n) is 2.11. The summed E-state index contributed by atoms with van der Waals surface area (Å²) in [6, 6.07) is 5.54. The molecule has 0 aliphatic heterocycles. The summed E-state index contributed by atoms with van der Waals surface area (Å²) >= 11 is 0. The number of aromatic nitrogens is 2. The third-order valence-corrected chi connectivity index (χ3v) is 2.11. The van der Waals surface area contributed by atoms with E-state index < -0.39 is 0 Å². The van der Waals surface area contributed by atoms with Gasteiger partial charge in [-0.25, -0.2) is 4.98 Å². The molecule has 14 heavy (non-hydrogen) atoms. The van der Waals surface area contributed by atoms with E-state index in [1.807, 2.05) is 32.2 Å². The van der Waals surface area contributed by atoms with Crippen LogP contribution in [0.15, 0.2) is 24.4 Å². The Hall–Kier alpha value is -1.77. The van der Waals surface area contributed by atoms with Crippen molar-refractivity contribution in [3.63, 3.8) is 0 Å². The number of hydrogen-bond donors (Lipinski definition) is 2. The molecule has 72 valence electrons. The molecule has 2 aromatic rings. The van der Waals surface area contributed by atoms with Gasteiger partial charge in [0.2, 0.25) is 0 Å². The molecule has 3 nitrogen and oxygen atoms in total. The van der Waals surface area contributed by atoms with Crippen molar-refractivity contribution in [3.8, 4) is 17.1 Å². The topological polar surface area (TPSA) is 48.9 Å². The number of aromatic hydroxyl groups is 1. The standard InChI is InChI=1S/C11H12N2O/c1-7-3-4-9(10(14)5-7)11-12-6-8(2)13-11/h3-6,14H,1-2H3,(H,12,13). The molecule has 0 aliphatic rings. The van der Waals surface area contributed by atoms with Gasteiger partial charge >= 0.3 is 0 Å². The fourth-order valence-electron chi connectivity index (χ4n) is 1.39. The molecule has 0 radical (unpaired) electrons. The van der Waals surface area contributed by atoms with Crippen LogP contribution in [0.4, 0.5) is 0 Å². The van der Waals surface area contributed by atoms with E-state index in [9.17, 15) is 5.11 Å². The summed E-state index contributed by atoms with van der Waals surface area (Å²) in [5.74, 6) is 0.972. The van der Waals surface area contributed by atoms with Crippen LogP contribution in [-0.2, 0) is 0 Å². The molecular formula is C11H12N2O. The lowest BCUT2D eigenvalue weighted by Crippen LogP contribution is -1.82. The summed E-state index contributed by atoms with van der Waals surface area (Å²) in [5, 5.41) is 9.69. The molecule has 1 aromatic carbocycles. The van der Waals surface area contributed by atoms with Gasteiger partial charge in [0.25, 0.3) is 0 Å². The van der Waals surface area contributed by atoms with E-state index in [1.165, 1.54) is 0 Å². The minimum absolute atomic E-state index is 0.263. The Balaban J connectivity index is 2.52. The van der Waals surface area contributed by atoms with Gasteiger partial charge in [-0.1, -0.05) is 6.07 Å². The molecule has 1 heterocycles. The van der Waals surface area contributed by atoms with Crippen molar-refractivity contribution in [2.24, 2.45) is 0 Å². The molecular weight excluding hydrogens is 176 g/mol. The second kappa shape index (κ2) is 3.18. The molecule has 0 saturated carbocycles. The molecule has 3 heteroatoms. The van der Waals surface area contributed by atoms with Gasteiger partial charge in [0.05, 0.1) is 11.3 Å². The maximum Gasteiger partial charge on any atom is 0.141 e. The number of rotatable bonds is 1. The number of imidazole rings is 1. The minimum Gasteiger partial charge on any atom is -0.507 e. The molecule has 0 unspecified atom stereocenters. The van der Waals surface area contributed by atoms with Gasteiger partial charge < -0.3 is 10.1 Å². The zero-order valence-corrected chi connectivity index (χ0v) is 8.20. The molecule has 2 rings (SSSR count). The molecule has 0 saturated heterocycles. The van der Waals surface area contributed by atoms with Crippen LogP contribution in [0.25, 0.3) is 11.4 Å². The van der Waals surface area contributed by atoms with Gasteiger partial charge in [0, 0.05) is 6.20 Å². The first-order chi connectivity index (χ1) is 6.66. The number of phenolic OH excluding ortho intramolecular Hbond substituents is 1. The Morgan fingerprint density at radius 1 is 1.29 bits per heavy atom. The number of aromatic amines is 1. The lowest BCUT2D eigenvalue weighted by atomic mass is 10.1. The van der Waals surface area contributed by atoms with Crippen molar-refractivity contribution in [2.75, 3.05) is 0 Å². The van der Waals surface area contributed by atoms with E-state index in [4.69, 9.17) is 0 Å². The van der Waals surface area contributed by atoms with Crippen molar-refractivity contribution >= 4 is 0 Å². The van der Waals surface area contributed by atoms with E-state index in [2.05, 4.69) is 9.97 Å². The quantitative estimate of drug-likeness (QED) is 0.722. The van der Waals surface area contributed by atoms with Crippen molar-refractivity contribution < 1.29 is 5.11 Å². The number of phenols is 1. The monoisotopic (exact) mass is 188 g/mol. The molecule has 2 N–H and O–H groups in total. The van der Waals surface area contributed by atoms with Crippen LogP contribution in [0.5, 0.6) is 5.75 Å². The Kier molecular flexibility index (Phi) is 2.00. The summed E-state index contributed by atoms with van der Waals surface area (Å²) in [7, 11) is 0. The van der Waals surface area contributed by atoms with Crippen LogP contribution in [0.3, 0.4) is 0 Å². The molecule has 0 atom stereocenters. The summed E-state index contributed by atoms with van der Waals surface area (Å²) < 4.78 is 0. The van der Waals surface area contributed by atoms with Gasteiger partial charge in [-0.15, -0.1) is 0 Å². The van der Waals surface area contributed by atoms with Crippen molar-refractivity contribution in [3.05, 3.63) is 35.7 Å². The first kappa shape index (κ1) is 8.81. The summed E-state index contributed by atoms with van der Waals surface area (Å²) in [6.45, 7) is 3.85. The Morgan fingerprint density at radius 3 is 2.64 bits per heavy atom. The van der Waals surface area contributed by atoms with Gasteiger partial charge in [-0.2, -0.15) is 0 Å². The second-order valence-electron chi connectivity index (χ2n) is 3.41. The van der Waals surface area contributed by atoms with E-state index in [-0.39, 0.29) is 5.75 Å². The number of hydrogen-bond acceptors (Lipinski definition) is 2. The van der Waals surface area contributed by atoms with E-state index in [1.54, 1.807) is 6.07 Å². The molecule has 0 fully saturated rings. The summed E-state index contributed by atoms with van der Waals surface area (Å²) in [6.07, 6.45) is 1.81. The maximum atomic E-state index is 9.69. The zero-order chi connectivity index (χ0) is 10.1. The van der Waals surface area contributed by atoms with Crippen molar-refractivity contribution in [2.45, 2.75) is 13.8 Å². The molecule has 1 aromatic heterocycles. The first-order valence-electron chi connectivity index (χ1n) is 4.49. The molecule has 0 aliphatic carbocycles. The van der Waals surface area contributed by atoms with Crippen LogP contribution >= 0.6 is 0 Å². The third kappa shape index (κ3) is 1.48. The Bertz CT molecular complexity index is 460. The van der Waals surface area contributed by atoms with Gasteiger partial charge in [-0.05, 0) is 31.5 Å². The van der Waals surface area contributed by atoms with Crippen LogP contribution in [-0.4, -0.2) is 15.1 Å². The SMILES string of the molecule is Cc1ccc(-c2nc(C)c[nH]2)c(O)c1. The van der Waals surface area contributed by atoms with Gasteiger partial charge in [0.1, 0.15) is 11.6 Å². The van der Waals surface area contributed by atoms with E-state index in [0.29, 0.717) is 5.82 Å². The maximum absolute atomic E-state index is 9.69. The predicted octanol–water partition coefficient (Wildman–Crippen LogP) is 2.40. The first-order valence-corrected chi connectivity index (χ1v) is 4.49. The average molecular weight is 188 g/mol. The van der Waals surface area contributed by atoms with E-state index >= 15 is 0 Å². The Labute approximate surface area is 82.4 Å². The highest BCUT2D eigenvalue weighted by Crippen LogP contribution is 2.27. The van der Waals surface area contributed by atoms with Gasteiger partial charge in [0.15, 0.2) is 0 Å². The number of H-pyrrole nitrogens is 1. The molecule has 0 amide bonds. The Morgan fingerprint density at radius 2 is 2.07 bits per heavy atom. The van der Waals surface area contributed by atoms with Crippen LogP contribution in [0.2, 0.25) is 0 Å². The minimum atomic E-state index is 0.263. The zero-order valence-electron chi connectivity index (χ0n) is 8.20. The van der Waals surface area contributed by atoms with Crippen LogP contribution < -0.4 is 0 Å². The fraction of sp³-hybridized carbons (Fsp3) is 0.182. The van der Waals surface area contributed by atoms with Gasteiger partial charge in [-0.3, -0.25) is 0 Å². The number of benzene rings is 1. The summed E-state index contributed by atoms with van der Waals surface area (Å²) in [4.78, 5) is 7.27. The average Bonchev–Trinajstić information content (AvgIpc) is 2.51. The normalized spacial score (nSPS) is 10.4. The smallest absolute Gasteiger partial charge is 0.141 e. The lowest BCUT2D eigenvalue weighted by molar-refractivity contribution is 0.476. The van der Waals surface area contributed by atoms with Crippen molar-refractivity contribution in [1.29, 1.82) is 0 Å². The fourth-order valence-corrected chi connectivity index (χ4v) is 1.39. The van der Waals surface area contributed by atoms with Crippen LogP contribution in [0.1, 0.15) is 11.3 Å². The largest absolute Gasteiger partial charge is 0.507 e. The van der Waals surface area contributed by atoms with Crippen LogP contribution in [0, 0.1) is 13.8 Å². The lowest BCUT2D eigenvalue weighted by Gasteiger charge is -2.01. The highest BCUT2D eigenvalue weighted by atomic mass is 16.3. The molecule has 0 spiro atoms. The highest BCUT2D eigenvalue weighted by molar-refractivity contribution is 5.64. The summed E-state index contributed by atoms with van der Waals surface area (Å²) in [5.41, 5.74) is 2.69. The van der Waals surface area contributed by atoms with Crippen molar-refractivity contribution in [1.82, 2.24) is 9.97 Å². The van der Waals surface area contributed by atoms with E-state index in [0.717, 1.165) is 16.8 Å². The second-order valence-corrected chi connectivity index (χ2v) is 3.41. The molecule has 0 bridgehead atoms.